The molecule has 0 saturated carbocycles. The minimum absolute atomic E-state index is 0.0349. The van der Waals surface area contributed by atoms with E-state index >= 15 is 0 Å². The molecule has 2 unspecified atom stereocenters. The van der Waals surface area contributed by atoms with E-state index in [2.05, 4.69) is 19.2 Å². The molecule has 3 N–H and O–H groups in total. The molecule has 0 aliphatic heterocycles. The second kappa shape index (κ2) is 26.0. The summed E-state index contributed by atoms with van der Waals surface area (Å²) in [6, 6.07) is -0.524. The van der Waals surface area contributed by atoms with Crippen LogP contribution in [-0.4, -0.2) is 34.9 Å². The number of carbonyl (C=O) groups excluding carboxylic acids is 1. The van der Waals surface area contributed by atoms with Gasteiger partial charge >= 0.3 is 0 Å². The van der Waals surface area contributed by atoms with Crippen molar-refractivity contribution >= 4 is 5.91 Å². The SMILES string of the molecule is CCCCCCCCCCCCCCC(=O)NC(CO)C(O)CCCCCCCCCCC. The smallest absolute Gasteiger partial charge is 0.220 e. The number of hydrogen-bond acceptors (Lipinski definition) is 3. The van der Waals surface area contributed by atoms with E-state index in [1.54, 1.807) is 0 Å². The monoisotopic (exact) mass is 469 g/mol. The Balaban J connectivity index is 3.59. The number of aliphatic hydroxyl groups is 2. The van der Waals surface area contributed by atoms with Gasteiger partial charge < -0.3 is 15.5 Å². The fourth-order valence-corrected chi connectivity index (χ4v) is 4.53. The topological polar surface area (TPSA) is 69.6 Å². The van der Waals surface area contributed by atoms with Crippen molar-refractivity contribution in [3.05, 3.63) is 0 Å². The third kappa shape index (κ3) is 22.9. The molecule has 1 amide bonds. The maximum atomic E-state index is 12.2. The first-order valence-corrected chi connectivity index (χ1v) is 14.7. The van der Waals surface area contributed by atoms with Crippen LogP contribution in [0.15, 0.2) is 0 Å². The molecule has 0 rings (SSSR count). The molecule has 198 valence electrons. The van der Waals surface area contributed by atoms with Gasteiger partial charge in [-0.25, -0.2) is 0 Å². The third-order valence-corrected chi connectivity index (χ3v) is 6.87. The molecule has 0 radical (unpaired) electrons. The standard InChI is InChI=1S/C29H59NO3/c1-3-5-7-9-11-13-14-15-17-19-21-23-25-29(33)30-27(26-31)28(32)24-22-20-18-16-12-10-8-6-4-2/h27-28,31-32H,3-26H2,1-2H3,(H,30,33). The molecule has 4 nitrogen and oxygen atoms in total. The highest BCUT2D eigenvalue weighted by molar-refractivity contribution is 5.76. The Morgan fingerprint density at radius 3 is 1.36 bits per heavy atom. The van der Waals surface area contributed by atoms with Gasteiger partial charge in [-0.15, -0.1) is 0 Å². The molecular weight excluding hydrogens is 410 g/mol. The lowest BCUT2D eigenvalue weighted by molar-refractivity contribution is -0.123. The van der Waals surface area contributed by atoms with E-state index in [4.69, 9.17) is 0 Å². The molecular formula is C29H59NO3. The van der Waals surface area contributed by atoms with Gasteiger partial charge in [0, 0.05) is 6.42 Å². The van der Waals surface area contributed by atoms with Gasteiger partial charge in [-0.2, -0.15) is 0 Å². The van der Waals surface area contributed by atoms with Gasteiger partial charge in [0.05, 0.1) is 18.8 Å². The maximum absolute atomic E-state index is 12.2. The zero-order chi connectivity index (χ0) is 24.4. The first kappa shape index (κ1) is 32.4. The number of hydrogen-bond donors (Lipinski definition) is 3. The number of nitrogens with one attached hydrogen (secondary N) is 1. The summed E-state index contributed by atoms with van der Waals surface area (Å²) in [5, 5.41) is 22.8. The van der Waals surface area contributed by atoms with Gasteiger partial charge in [-0.3, -0.25) is 4.79 Å². The van der Waals surface area contributed by atoms with E-state index in [1.165, 1.54) is 109 Å². The molecule has 0 aromatic carbocycles. The van der Waals surface area contributed by atoms with Gasteiger partial charge in [-0.1, -0.05) is 142 Å². The van der Waals surface area contributed by atoms with Crippen LogP contribution in [0.5, 0.6) is 0 Å². The Bertz CT molecular complexity index is 402. The van der Waals surface area contributed by atoms with Crippen LogP contribution in [0.25, 0.3) is 0 Å². The van der Waals surface area contributed by atoms with Crippen molar-refractivity contribution in [3.8, 4) is 0 Å². The van der Waals surface area contributed by atoms with Crippen molar-refractivity contribution < 1.29 is 15.0 Å². The Morgan fingerprint density at radius 1 is 0.606 bits per heavy atom. The summed E-state index contributed by atoms with van der Waals surface area (Å²) in [6.45, 7) is 4.31. The van der Waals surface area contributed by atoms with Crippen molar-refractivity contribution in [2.75, 3.05) is 6.61 Å². The fraction of sp³-hybridized carbons (Fsp3) is 0.966. The predicted molar refractivity (Wildman–Crippen MR) is 143 cm³/mol. The molecule has 4 heteroatoms. The molecule has 33 heavy (non-hydrogen) atoms. The Morgan fingerprint density at radius 2 is 0.970 bits per heavy atom. The Labute approximate surface area is 206 Å². The van der Waals surface area contributed by atoms with Crippen LogP contribution in [0.2, 0.25) is 0 Å². The van der Waals surface area contributed by atoms with E-state index in [-0.39, 0.29) is 12.5 Å². The van der Waals surface area contributed by atoms with E-state index < -0.39 is 12.1 Å². The lowest BCUT2D eigenvalue weighted by Gasteiger charge is -2.22. The molecule has 2 atom stereocenters. The zero-order valence-corrected chi connectivity index (χ0v) is 22.4. The number of amides is 1. The van der Waals surface area contributed by atoms with Gasteiger partial charge in [0.15, 0.2) is 0 Å². The van der Waals surface area contributed by atoms with Crippen LogP contribution in [0, 0.1) is 0 Å². The second-order valence-corrected chi connectivity index (χ2v) is 10.2. The fourth-order valence-electron chi connectivity index (χ4n) is 4.53. The normalized spacial score (nSPS) is 13.2. The van der Waals surface area contributed by atoms with E-state index in [1.807, 2.05) is 0 Å². The first-order chi connectivity index (χ1) is 16.2. The van der Waals surface area contributed by atoms with Crippen LogP contribution in [0.4, 0.5) is 0 Å². The maximum Gasteiger partial charge on any atom is 0.220 e. The van der Waals surface area contributed by atoms with Crippen LogP contribution in [0.1, 0.15) is 162 Å². The van der Waals surface area contributed by atoms with E-state index in [9.17, 15) is 15.0 Å². The molecule has 0 heterocycles. The van der Waals surface area contributed by atoms with Crippen LogP contribution in [-0.2, 0) is 4.79 Å². The summed E-state index contributed by atoms with van der Waals surface area (Å²) < 4.78 is 0. The third-order valence-electron chi connectivity index (χ3n) is 6.87. The molecule has 0 fully saturated rings. The Kier molecular flexibility index (Phi) is 25.5. The van der Waals surface area contributed by atoms with E-state index in [0.717, 1.165) is 25.7 Å². The number of unbranched alkanes of at least 4 members (excludes halogenated alkanes) is 19. The highest BCUT2D eigenvalue weighted by Crippen LogP contribution is 2.14. The summed E-state index contributed by atoms with van der Waals surface area (Å²) in [6.07, 6.45) is 27.1. The molecule has 0 aromatic rings. The Hall–Kier alpha value is -0.610. The first-order valence-electron chi connectivity index (χ1n) is 14.7. The van der Waals surface area contributed by atoms with Crippen molar-refractivity contribution in [1.82, 2.24) is 5.32 Å². The van der Waals surface area contributed by atoms with Gasteiger partial charge in [-0.05, 0) is 12.8 Å². The zero-order valence-electron chi connectivity index (χ0n) is 22.4. The summed E-state index contributed by atoms with van der Waals surface area (Å²) in [5.41, 5.74) is 0. The number of aliphatic hydroxyl groups excluding tert-OH is 2. The van der Waals surface area contributed by atoms with Gasteiger partial charge in [0.25, 0.3) is 0 Å². The van der Waals surface area contributed by atoms with E-state index in [0.29, 0.717) is 12.8 Å². The highest BCUT2D eigenvalue weighted by atomic mass is 16.3. The molecule has 0 aliphatic rings. The summed E-state index contributed by atoms with van der Waals surface area (Å²) in [5.74, 6) is -0.0349. The molecule has 0 aliphatic carbocycles. The average molecular weight is 470 g/mol. The van der Waals surface area contributed by atoms with Crippen LogP contribution >= 0.6 is 0 Å². The van der Waals surface area contributed by atoms with Crippen molar-refractivity contribution in [2.24, 2.45) is 0 Å². The van der Waals surface area contributed by atoms with Crippen molar-refractivity contribution in [2.45, 2.75) is 174 Å². The minimum Gasteiger partial charge on any atom is -0.394 e. The highest BCUT2D eigenvalue weighted by Gasteiger charge is 2.19. The molecule has 0 aromatic heterocycles. The van der Waals surface area contributed by atoms with Crippen molar-refractivity contribution in [1.29, 1.82) is 0 Å². The molecule has 0 spiro atoms. The summed E-state index contributed by atoms with van der Waals surface area (Å²) in [4.78, 5) is 12.2. The van der Waals surface area contributed by atoms with Gasteiger partial charge in [0.1, 0.15) is 0 Å². The predicted octanol–water partition coefficient (Wildman–Crippen LogP) is 7.84. The molecule has 0 saturated heterocycles. The van der Waals surface area contributed by atoms with Crippen LogP contribution in [0.3, 0.4) is 0 Å². The second-order valence-electron chi connectivity index (χ2n) is 10.2. The van der Waals surface area contributed by atoms with Crippen molar-refractivity contribution in [3.63, 3.8) is 0 Å². The summed E-state index contributed by atoms with van der Waals surface area (Å²) in [7, 11) is 0. The lowest BCUT2D eigenvalue weighted by atomic mass is 10.0. The molecule has 0 bridgehead atoms. The largest absolute Gasteiger partial charge is 0.394 e. The van der Waals surface area contributed by atoms with Crippen LogP contribution < -0.4 is 5.32 Å². The quantitative estimate of drug-likeness (QED) is 0.113. The number of rotatable bonds is 26. The average Bonchev–Trinajstić information content (AvgIpc) is 2.82. The number of carbonyl (C=O) groups is 1. The lowest BCUT2D eigenvalue weighted by Crippen LogP contribution is -2.45. The van der Waals surface area contributed by atoms with Gasteiger partial charge in [0.2, 0.25) is 5.91 Å². The minimum atomic E-state index is -0.648. The summed E-state index contributed by atoms with van der Waals surface area (Å²) >= 11 is 0.